The van der Waals surface area contributed by atoms with Crippen molar-refractivity contribution < 1.29 is 9.59 Å². The maximum Gasteiger partial charge on any atom is 0.250 e. The first-order chi connectivity index (χ1) is 17.1. The number of thioether (sulfide) groups is 1. The maximum atomic E-state index is 13.6. The molecule has 0 aliphatic rings. The van der Waals surface area contributed by atoms with Gasteiger partial charge in [-0.15, -0.1) is 0 Å². The third-order valence-corrected chi connectivity index (χ3v) is 7.02. The Bertz CT molecular complexity index is 1160. The van der Waals surface area contributed by atoms with Gasteiger partial charge in [-0.2, -0.15) is 0 Å². The summed E-state index contributed by atoms with van der Waals surface area (Å²) in [6, 6.07) is 19.3. The lowest BCUT2D eigenvalue weighted by Gasteiger charge is -2.39. The first kappa shape index (κ1) is 27.2. The number of nitrogens with zero attached hydrogens (tertiary/aromatic N) is 4. The Labute approximate surface area is 218 Å². The third-order valence-electron chi connectivity index (χ3n) is 6.19. The molecule has 0 spiro atoms. The monoisotopic (exact) mass is 505 g/mol. The van der Waals surface area contributed by atoms with Crippen LogP contribution in [0.3, 0.4) is 0 Å². The predicted octanol–water partition coefficient (Wildman–Crippen LogP) is 5.09. The molecule has 2 amide bonds. The minimum Gasteiger partial charge on any atom is -0.378 e. The fourth-order valence-corrected chi connectivity index (χ4v) is 4.67. The first-order valence-electron chi connectivity index (χ1n) is 12.0. The van der Waals surface area contributed by atoms with Crippen molar-refractivity contribution in [2.75, 3.05) is 30.1 Å². The molecular formula is C28H35N5O2S. The van der Waals surface area contributed by atoms with Crippen LogP contribution < -0.4 is 10.2 Å². The van der Waals surface area contributed by atoms with Crippen LogP contribution in [0.15, 0.2) is 65.8 Å². The van der Waals surface area contributed by atoms with Crippen LogP contribution in [-0.2, 0) is 16.1 Å². The number of hydrogen-bond acceptors (Lipinski definition) is 6. The Balaban J connectivity index is 1.85. The zero-order valence-electron chi connectivity index (χ0n) is 21.9. The van der Waals surface area contributed by atoms with E-state index in [4.69, 9.17) is 0 Å². The predicted molar refractivity (Wildman–Crippen MR) is 147 cm³/mol. The van der Waals surface area contributed by atoms with E-state index in [-0.39, 0.29) is 17.6 Å². The van der Waals surface area contributed by atoms with E-state index in [0.717, 1.165) is 22.6 Å². The zero-order chi connectivity index (χ0) is 26.3. The Hall–Kier alpha value is -3.39. The quantitative estimate of drug-likeness (QED) is 0.306. The average Bonchev–Trinajstić information content (AvgIpc) is 2.85. The molecule has 7 nitrogen and oxygen atoms in total. The summed E-state index contributed by atoms with van der Waals surface area (Å²) in [5.41, 5.74) is 3.35. The van der Waals surface area contributed by atoms with Crippen molar-refractivity contribution in [1.29, 1.82) is 0 Å². The summed E-state index contributed by atoms with van der Waals surface area (Å²) >= 11 is 1.29. The summed E-state index contributed by atoms with van der Waals surface area (Å²) in [6.07, 6.45) is 0.456. The van der Waals surface area contributed by atoms with E-state index in [2.05, 4.69) is 15.3 Å². The zero-order valence-corrected chi connectivity index (χ0v) is 22.7. The van der Waals surface area contributed by atoms with Crippen molar-refractivity contribution in [3.8, 4) is 0 Å². The molecule has 0 aliphatic carbocycles. The molecule has 1 aromatic heterocycles. The van der Waals surface area contributed by atoms with E-state index in [9.17, 15) is 9.59 Å². The van der Waals surface area contributed by atoms with Crippen molar-refractivity contribution in [3.05, 3.63) is 77.6 Å². The second kappa shape index (κ2) is 12.0. The highest BCUT2D eigenvalue weighted by molar-refractivity contribution is 7.99. The lowest BCUT2D eigenvalue weighted by Crippen LogP contribution is -2.57. The van der Waals surface area contributed by atoms with Gasteiger partial charge in [0, 0.05) is 43.4 Å². The summed E-state index contributed by atoms with van der Waals surface area (Å²) in [5, 5.41) is 3.59. The number of rotatable bonds is 10. The number of carbonyl (C=O) groups excluding carboxylic acids is 2. The molecule has 1 heterocycles. The number of aromatic nitrogens is 2. The Morgan fingerprint density at radius 1 is 0.972 bits per heavy atom. The smallest absolute Gasteiger partial charge is 0.250 e. The highest BCUT2D eigenvalue weighted by Crippen LogP contribution is 2.27. The van der Waals surface area contributed by atoms with Crippen LogP contribution in [0.1, 0.15) is 37.2 Å². The number of hydrogen-bond donors (Lipinski definition) is 1. The van der Waals surface area contributed by atoms with Gasteiger partial charge in [-0.25, -0.2) is 9.97 Å². The van der Waals surface area contributed by atoms with Crippen molar-refractivity contribution >= 4 is 35.0 Å². The number of carbonyl (C=O) groups is 2. The molecule has 3 rings (SSSR count). The van der Waals surface area contributed by atoms with E-state index >= 15 is 0 Å². The molecule has 2 aromatic carbocycles. The van der Waals surface area contributed by atoms with Crippen LogP contribution in [0.25, 0.3) is 0 Å². The molecule has 0 radical (unpaired) electrons. The van der Waals surface area contributed by atoms with Gasteiger partial charge in [0.15, 0.2) is 5.16 Å². The summed E-state index contributed by atoms with van der Waals surface area (Å²) in [4.78, 5) is 39.8. The van der Waals surface area contributed by atoms with E-state index in [1.165, 1.54) is 11.8 Å². The number of anilines is 2. The molecule has 0 saturated heterocycles. The van der Waals surface area contributed by atoms with Crippen LogP contribution in [0.2, 0.25) is 0 Å². The summed E-state index contributed by atoms with van der Waals surface area (Å²) in [7, 11) is 3.94. The maximum absolute atomic E-state index is 13.6. The third kappa shape index (κ3) is 6.85. The second-order valence-electron chi connectivity index (χ2n) is 9.21. The molecule has 0 fully saturated rings. The summed E-state index contributed by atoms with van der Waals surface area (Å²) in [5.74, 6) is -0.232. The van der Waals surface area contributed by atoms with Gasteiger partial charge in [0.1, 0.15) is 5.54 Å². The lowest BCUT2D eigenvalue weighted by molar-refractivity contribution is -0.143. The number of amides is 2. The largest absolute Gasteiger partial charge is 0.378 e. The standard InChI is InChI=1S/C28H35N5O2S/c1-7-28(4,26(35)31-23-13-15-24(16-14-23)32(5)6)33(18-22-11-9-8-10-12-22)25(34)19-36-27-29-20(2)17-21(3)30-27/h8-17H,7,18-19H2,1-6H3,(H,31,35). The Kier molecular flexibility index (Phi) is 9.09. The SMILES string of the molecule is CCC(C)(C(=O)Nc1ccc(N(C)C)cc1)N(Cc1ccccc1)C(=O)CSc1nc(C)cc(C)n1. The molecule has 1 atom stereocenters. The number of benzene rings is 2. The van der Waals surface area contributed by atoms with Gasteiger partial charge in [-0.3, -0.25) is 9.59 Å². The highest BCUT2D eigenvalue weighted by atomic mass is 32.2. The highest BCUT2D eigenvalue weighted by Gasteiger charge is 2.40. The van der Waals surface area contributed by atoms with Gasteiger partial charge in [0.2, 0.25) is 11.8 Å². The van der Waals surface area contributed by atoms with Gasteiger partial charge in [-0.1, -0.05) is 49.0 Å². The van der Waals surface area contributed by atoms with E-state index < -0.39 is 5.54 Å². The molecular weight excluding hydrogens is 470 g/mol. The van der Waals surface area contributed by atoms with Gasteiger partial charge < -0.3 is 15.1 Å². The molecule has 0 aliphatic heterocycles. The van der Waals surface area contributed by atoms with Crippen molar-refractivity contribution in [3.63, 3.8) is 0 Å². The van der Waals surface area contributed by atoms with Crippen LogP contribution in [-0.4, -0.2) is 52.1 Å². The Morgan fingerprint density at radius 2 is 1.58 bits per heavy atom. The van der Waals surface area contributed by atoms with Crippen molar-refractivity contribution in [1.82, 2.24) is 14.9 Å². The molecule has 8 heteroatoms. The van der Waals surface area contributed by atoms with Crippen LogP contribution in [0, 0.1) is 13.8 Å². The van der Waals surface area contributed by atoms with Crippen molar-refractivity contribution in [2.45, 2.75) is 51.4 Å². The molecule has 1 unspecified atom stereocenters. The van der Waals surface area contributed by atoms with Gasteiger partial charge in [-0.05, 0) is 63.1 Å². The normalized spacial score (nSPS) is 12.5. The molecule has 190 valence electrons. The topological polar surface area (TPSA) is 78.4 Å². The Morgan fingerprint density at radius 3 is 2.14 bits per heavy atom. The number of nitrogens with one attached hydrogen (secondary N) is 1. The fourth-order valence-electron chi connectivity index (χ4n) is 3.85. The number of aryl methyl sites for hydroxylation is 2. The molecule has 1 N–H and O–H groups in total. The first-order valence-corrected chi connectivity index (χ1v) is 13.0. The van der Waals surface area contributed by atoms with E-state index in [1.807, 2.05) is 107 Å². The second-order valence-corrected chi connectivity index (χ2v) is 10.2. The summed E-state index contributed by atoms with van der Waals surface area (Å²) < 4.78 is 0. The molecule has 0 saturated carbocycles. The lowest BCUT2D eigenvalue weighted by atomic mass is 9.93. The van der Waals surface area contributed by atoms with Gasteiger partial charge in [0.25, 0.3) is 0 Å². The van der Waals surface area contributed by atoms with Crippen molar-refractivity contribution in [2.24, 2.45) is 0 Å². The molecule has 3 aromatic rings. The molecule has 0 bridgehead atoms. The van der Waals surface area contributed by atoms with E-state index in [1.54, 1.807) is 4.90 Å². The van der Waals surface area contributed by atoms with Gasteiger partial charge in [0.05, 0.1) is 5.75 Å². The van der Waals surface area contributed by atoms with Crippen LogP contribution in [0.4, 0.5) is 11.4 Å². The van der Waals surface area contributed by atoms with Crippen LogP contribution >= 0.6 is 11.8 Å². The molecule has 36 heavy (non-hydrogen) atoms. The fraction of sp³-hybridized carbons (Fsp3) is 0.357. The van der Waals surface area contributed by atoms with E-state index in [0.29, 0.717) is 23.8 Å². The minimum absolute atomic E-state index is 0.135. The minimum atomic E-state index is -1.06. The van der Waals surface area contributed by atoms with Gasteiger partial charge >= 0.3 is 0 Å². The van der Waals surface area contributed by atoms with Crippen LogP contribution in [0.5, 0.6) is 0 Å². The average molecular weight is 506 g/mol. The summed E-state index contributed by atoms with van der Waals surface area (Å²) in [6.45, 7) is 7.90.